The van der Waals surface area contributed by atoms with Crippen LogP contribution in [-0.2, 0) is 11.2 Å². The van der Waals surface area contributed by atoms with Crippen molar-refractivity contribution in [3.05, 3.63) is 71.0 Å². The summed E-state index contributed by atoms with van der Waals surface area (Å²) in [5.41, 5.74) is 1.96. The van der Waals surface area contributed by atoms with Gasteiger partial charge in [-0.3, -0.25) is 0 Å². The van der Waals surface area contributed by atoms with Crippen LogP contribution >= 0.6 is 0 Å². The third-order valence-electron chi connectivity index (χ3n) is 4.16. The first-order chi connectivity index (χ1) is 12.0. The number of ether oxygens (including phenoxy) is 1. The molecule has 2 atom stereocenters. The molecule has 0 spiro atoms. The van der Waals surface area contributed by atoms with E-state index in [0.29, 0.717) is 17.7 Å². The van der Waals surface area contributed by atoms with Crippen LogP contribution in [0.15, 0.2) is 48.5 Å². The monoisotopic (exact) mass is 345 g/mol. The minimum absolute atomic E-state index is 0.168. The molecule has 4 nitrogen and oxygen atoms in total. The van der Waals surface area contributed by atoms with Gasteiger partial charge >= 0.3 is 5.97 Å². The van der Waals surface area contributed by atoms with Crippen LogP contribution in [0.3, 0.4) is 0 Å². The number of nitrogens with one attached hydrogen (secondary N) is 1. The first kappa shape index (κ1) is 19.1. The summed E-state index contributed by atoms with van der Waals surface area (Å²) in [5.74, 6) is -0.737. The van der Waals surface area contributed by atoms with E-state index in [0.717, 1.165) is 18.4 Å². The minimum atomic E-state index is -0.872. The molecule has 0 heterocycles. The van der Waals surface area contributed by atoms with Crippen LogP contribution in [-0.4, -0.2) is 30.8 Å². The molecule has 2 aromatic carbocycles. The van der Waals surface area contributed by atoms with Gasteiger partial charge in [0.05, 0.1) is 18.8 Å². The summed E-state index contributed by atoms with van der Waals surface area (Å²) < 4.78 is 18.3. The lowest BCUT2D eigenvalue weighted by molar-refractivity contribution is 0.0600. The Hall–Kier alpha value is -2.24. The highest BCUT2D eigenvalue weighted by molar-refractivity contribution is 5.89. The fourth-order valence-corrected chi connectivity index (χ4v) is 2.58. The highest BCUT2D eigenvalue weighted by atomic mass is 19.1. The SMILES string of the molecule is COC(=O)c1ccc(CCC(C)NCC(O)c2ccccc2F)cc1. The van der Waals surface area contributed by atoms with Gasteiger partial charge in [-0.2, -0.15) is 0 Å². The Morgan fingerprint density at radius 2 is 1.88 bits per heavy atom. The van der Waals surface area contributed by atoms with Gasteiger partial charge in [-0.05, 0) is 43.5 Å². The number of aliphatic hydroxyl groups excluding tert-OH is 1. The van der Waals surface area contributed by atoms with Crippen molar-refractivity contribution in [1.29, 1.82) is 0 Å². The van der Waals surface area contributed by atoms with Crippen LogP contribution < -0.4 is 5.32 Å². The maximum absolute atomic E-state index is 13.6. The van der Waals surface area contributed by atoms with E-state index >= 15 is 0 Å². The van der Waals surface area contributed by atoms with Gasteiger partial charge in [-0.1, -0.05) is 30.3 Å². The number of aliphatic hydroxyl groups is 1. The van der Waals surface area contributed by atoms with Crippen molar-refractivity contribution in [3.63, 3.8) is 0 Å². The van der Waals surface area contributed by atoms with Crippen molar-refractivity contribution in [2.24, 2.45) is 0 Å². The number of esters is 1. The van der Waals surface area contributed by atoms with Gasteiger partial charge in [0.25, 0.3) is 0 Å². The zero-order chi connectivity index (χ0) is 18.2. The summed E-state index contributed by atoms with van der Waals surface area (Å²) in [6, 6.07) is 13.7. The van der Waals surface area contributed by atoms with Crippen LogP contribution in [0.25, 0.3) is 0 Å². The first-order valence-corrected chi connectivity index (χ1v) is 8.34. The van der Waals surface area contributed by atoms with E-state index < -0.39 is 11.9 Å². The van der Waals surface area contributed by atoms with Crippen LogP contribution in [0.5, 0.6) is 0 Å². The largest absolute Gasteiger partial charge is 0.465 e. The van der Waals surface area contributed by atoms with Gasteiger partial charge in [0.1, 0.15) is 5.82 Å². The number of hydrogen-bond donors (Lipinski definition) is 2. The number of halogens is 1. The summed E-state index contributed by atoms with van der Waals surface area (Å²) in [6.07, 6.45) is 0.829. The number of rotatable bonds is 8. The predicted octanol–water partition coefficient (Wildman–Crippen LogP) is 3.26. The van der Waals surface area contributed by atoms with Crippen molar-refractivity contribution >= 4 is 5.97 Å². The van der Waals surface area contributed by atoms with E-state index in [2.05, 4.69) is 10.1 Å². The van der Waals surface area contributed by atoms with Crippen molar-refractivity contribution < 1.29 is 19.0 Å². The lowest BCUT2D eigenvalue weighted by Crippen LogP contribution is -2.31. The minimum Gasteiger partial charge on any atom is -0.465 e. The summed E-state index contributed by atoms with van der Waals surface area (Å²) >= 11 is 0. The highest BCUT2D eigenvalue weighted by Crippen LogP contribution is 2.16. The lowest BCUT2D eigenvalue weighted by Gasteiger charge is -2.18. The summed E-state index contributed by atoms with van der Waals surface area (Å²) in [4.78, 5) is 11.4. The third kappa shape index (κ3) is 5.66. The average molecular weight is 345 g/mol. The molecule has 2 N–H and O–H groups in total. The lowest BCUT2D eigenvalue weighted by atomic mass is 10.0. The van der Waals surface area contributed by atoms with Crippen molar-refractivity contribution in [2.45, 2.75) is 31.9 Å². The molecule has 0 fully saturated rings. The molecule has 2 rings (SSSR count). The van der Waals surface area contributed by atoms with Gasteiger partial charge in [0.2, 0.25) is 0 Å². The molecule has 0 aliphatic rings. The van der Waals surface area contributed by atoms with Crippen LogP contribution in [0, 0.1) is 5.82 Å². The number of aryl methyl sites for hydroxylation is 1. The number of benzene rings is 2. The Balaban J connectivity index is 1.78. The molecular weight excluding hydrogens is 321 g/mol. The van der Waals surface area contributed by atoms with E-state index in [4.69, 9.17) is 0 Å². The molecule has 0 saturated heterocycles. The Morgan fingerprint density at radius 1 is 1.20 bits per heavy atom. The fraction of sp³-hybridized carbons (Fsp3) is 0.350. The summed E-state index contributed by atoms with van der Waals surface area (Å²) in [6.45, 7) is 2.32. The smallest absolute Gasteiger partial charge is 0.337 e. The molecule has 2 aromatic rings. The topological polar surface area (TPSA) is 58.6 Å². The van der Waals surface area contributed by atoms with Gasteiger partial charge in [0.15, 0.2) is 0 Å². The van der Waals surface area contributed by atoms with E-state index in [1.165, 1.54) is 13.2 Å². The number of carbonyl (C=O) groups excluding carboxylic acids is 1. The van der Waals surface area contributed by atoms with Gasteiger partial charge in [-0.25, -0.2) is 9.18 Å². The molecule has 0 amide bonds. The highest BCUT2D eigenvalue weighted by Gasteiger charge is 2.13. The maximum Gasteiger partial charge on any atom is 0.337 e. The molecular formula is C20H24FNO3. The molecule has 0 radical (unpaired) electrons. The second kappa shape index (κ2) is 9.30. The Kier molecular flexibility index (Phi) is 7.10. The Bertz CT molecular complexity index is 688. The Morgan fingerprint density at radius 3 is 2.52 bits per heavy atom. The molecule has 25 heavy (non-hydrogen) atoms. The van der Waals surface area contributed by atoms with Gasteiger partial charge < -0.3 is 15.2 Å². The normalized spacial score (nSPS) is 13.3. The molecule has 134 valence electrons. The number of hydrogen-bond acceptors (Lipinski definition) is 4. The fourth-order valence-electron chi connectivity index (χ4n) is 2.58. The van der Waals surface area contributed by atoms with E-state index in [1.807, 2.05) is 19.1 Å². The molecule has 0 bridgehead atoms. The molecule has 5 heteroatoms. The summed E-state index contributed by atoms with van der Waals surface area (Å²) in [5, 5.41) is 13.3. The standard InChI is InChI=1S/C20H24FNO3/c1-14(22-13-19(23)17-5-3-4-6-18(17)21)7-8-15-9-11-16(12-10-15)20(24)25-2/h3-6,9-12,14,19,22-23H,7-8,13H2,1-2H3. The van der Waals surface area contributed by atoms with Crippen molar-refractivity contribution in [3.8, 4) is 0 Å². The van der Waals surface area contributed by atoms with Crippen molar-refractivity contribution in [2.75, 3.05) is 13.7 Å². The quantitative estimate of drug-likeness (QED) is 0.721. The van der Waals surface area contributed by atoms with E-state index in [9.17, 15) is 14.3 Å². The van der Waals surface area contributed by atoms with Gasteiger partial charge in [-0.15, -0.1) is 0 Å². The van der Waals surface area contributed by atoms with Gasteiger partial charge in [0, 0.05) is 18.2 Å². The molecule has 0 aliphatic heterocycles. The molecule has 0 aliphatic carbocycles. The van der Waals surface area contributed by atoms with Crippen molar-refractivity contribution in [1.82, 2.24) is 5.32 Å². The van der Waals surface area contributed by atoms with E-state index in [-0.39, 0.29) is 12.0 Å². The molecule has 2 unspecified atom stereocenters. The predicted molar refractivity (Wildman–Crippen MR) is 94.9 cm³/mol. The Labute approximate surface area is 147 Å². The van der Waals surface area contributed by atoms with Crippen LogP contribution in [0.1, 0.15) is 40.9 Å². The second-order valence-corrected chi connectivity index (χ2v) is 6.07. The first-order valence-electron chi connectivity index (χ1n) is 8.34. The number of carbonyl (C=O) groups is 1. The second-order valence-electron chi connectivity index (χ2n) is 6.07. The zero-order valence-corrected chi connectivity index (χ0v) is 14.5. The van der Waals surface area contributed by atoms with Crippen LogP contribution in [0.2, 0.25) is 0 Å². The molecule has 0 aromatic heterocycles. The van der Waals surface area contributed by atoms with Crippen LogP contribution in [0.4, 0.5) is 4.39 Å². The average Bonchev–Trinajstić information content (AvgIpc) is 2.64. The zero-order valence-electron chi connectivity index (χ0n) is 14.5. The third-order valence-corrected chi connectivity index (χ3v) is 4.16. The summed E-state index contributed by atoms with van der Waals surface area (Å²) in [7, 11) is 1.36. The molecule has 0 saturated carbocycles. The maximum atomic E-state index is 13.6. The van der Waals surface area contributed by atoms with E-state index in [1.54, 1.807) is 30.3 Å². The number of methoxy groups -OCH3 is 1.